The number of primary amides is 1. The summed E-state index contributed by atoms with van der Waals surface area (Å²) in [5.74, 6) is -5.90. The predicted molar refractivity (Wildman–Crippen MR) is 104 cm³/mol. The van der Waals surface area contributed by atoms with Crippen LogP contribution in [0.4, 0.5) is 23.2 Å². The molecule has 2 heterocycles. The zero-order valence-corrected chi connectivity index (χ0v) is 17.0. The quantitative estimate of drug-likeness (QED) is 0.639. The highest BCUT2D eigenvalue weighted by Gasteiger charge is 2.40. The lowest BCUT2D eigenvalue weighted by atomic mass is 10.0. The Morgan fingerprint density at radius 3 is 2.68 bits per heavy atom. The van der Waals surface area contributed by atoms with Crippen molar-refractivity contribution in [2.24, 2.45) is 11.7 Å². The van der Waals surface area contributed by atoms with E-state index in [1.165, 1.54) is 36.9 Å². The van der Waals surface area contributed by atoms with Gasteiger partial charge in [-0.3, -0.25) is 19.3 Å². The number of nitrogens with two attached hydrogens (primary N) is 1. The van der Waals surface area contributed by atoms with Crippen LogP contribution in [0.1, 0.15) is 64.3 Å². The molecule has 31 heavy (non-hydrogen) atoms. The van der Waals surface area contributed by atoms with E-state index >= 15 is 0 Å². The molecule has 0 aliphatic heterocycles. The molecular weight excluding hydrogens is 418 g/mol. The van der Waals surface area contributed by atoms with Crippen LogP contribution < -0.4 is 11.1 Å². The second kappa shape index (κ2) is 8.64. The van der Waals surface area contributed by atoms with Gasteiger partial charge in [0.25, 0.3) is 11.8 Å². The van der Waals surface area contributed by atoms with Gasteiger partial charge in [0.1, 0.15) is 11.4 Å². The zero-order chi connectivity index (χ0) is 22.9. The summed E-state index contributed by atoms with van der Waals surface area (Å²) in [6, 6.07) is 2.71. The number of amides is 2. The SMILES string of the molecule is Cc1c(C(C)C(F)F)nn(CC2CCC(F)(F)C2)c1C(=O)Nc1ccnc(C(N)=O)c1. The van der Waals surface area contributed by atoms with Crippen molar-refractivity contribution in [2.75, 3.05) is 5.32 Å². The van der Waals surface area contributed by atoms with E-state index in [4.69, 9.17) is 5.73 Å². The van der Waals surface area contributed by atoms with Crippen molar-refractivity contribution in [1.82, 2.24) is 14.8 Å². The fraction of sp³-hybridized carbons (Fsp3) is 0.500. The third-order valence-electron chi connectivity index (χ3n) is 5.46. The molecule has 0 bridgehead atoms. The molecule has 0 aromatic carbocycles. The average molecular weight is 441 g/mol. The second-order valence-electron chi connectivity index (χ2n) is 7.88. The van der Waals surface area contributed by atoms with Gasteiger partial charge in [0.2, 0.25) is 12.3 Å². The molecule has 2 aromatic heterocycles. The summed E-state index contributed by atoms with van der Waals surface area (Å²) in [4.78, 5) is 28.1. The first-order chi connectivity index (χ1) is 14.5. The molecule has 0 spiro atoms. The fourth-order valence-electron chi connectivity index (χ4n) is 3.82. The van der Waals surface area contributed by atoms with Crippen LogP contribution in [0.25, 0.3) is 0 Å². The summed E-state index contributed by atoms with van der Waals surface area (Å²) in [5, 5.41) is 6.77. The van der Waals surface area contributed by atoms with Crippen LogP contribution in [0.2, 0.25) is 0 Å². The van der Waals surface area contributed by atoms with E-state index in [1.807, 2.05) is 0 Å². The summed E-state index contributed by atoms with van der Waals surface area (Å²) in [6.07, 6.45) is -1.78. The maximum Gasteiger partial charge on any atom is 0.274 e. The molecule has 2 unspecified atom stereocenters. The number of aromatic nitrogens is 3. The van der Waals surface area contributed by atoms with Crippen LogP contribution in [-0.4, -0.2) is 38.9 Å². The summed E-state index contributed by atoms with van der Waals surface area (Å²) >= 11 is 0. The smallest absolute Gasteiger partial charge is 0.274 e. The van der Waals surface area contributed by atoms with E-state index < -0.39 is 36.0 Å². The Hall–Kier alpha value is -2.98. The normalized spacial score (nSPS) is 18.9. The molecule has 1 aliphatic rings. The minimum absolute atomic E-state index is 0.00940. The van der Waals surface area contributed by atoms with Crippen molar-refractivity contribution in [3.8, 4) is 0 Å². The van der Waals surface area contributed by atoms with Crippen LogP contribution in [-0.2, 0) is 6.54 Å². The maximum absolute atomic E-state index is 13.6. The lowest BCUT2D eigenvalue weighted by molar-refractivity contribution is 0.00420. The van der Waals surface area contributed by atoms with E-state index in [0.717, 1.165) is 0 Å². The second-order valence-corrected chi connectivity index (χ2v) is 7.88. The molecule has 2 atom stereocenters. The summed E-state index contributed by atoms with van der Waals surface area (Å²) < 4.78 is 55.1. The molecule has 2 aromatic rings. The number of nitrogens with one attached hydrogen (secondary N) is 1. The van der Waals surface area contributed by atoms with Gasteiger partial charge in [-0.2, -0.15) is 5.10 Å². The Morgan fingerprint density at radius 1 is 1.39 bits per heavy atom. The largest absolute Gasteiger partial charge is 0.364 e. The lowest BCUT2D eigenvalue weighted by Crippen LogP contribution is -2.22. The molecule has 0 saturated heterocycles. The first-order valence-corrected chi connectivity index (χ1v) is 9.79. The van der Waals surface area contributed by atoms with Crippen molar-refractivity contribution >= 4 is 17.5 Å². The Kier molecular flexibility index (Phi) is 6.33. The van der Waals surface area contributed by atoms with Gasteiger partial charge in [-0.15, -0.1) is 0 Å². The molecule has 1 saturated carbocycles. The predicted octanol–water partition coefficient (Wildman–Crippen LogP) is 3.74. The number of alkyl halides is 4. The van der Waals surface area contributed by atoms with Crippen LogP contribution in [0.3, 0.4) is 0 Å². The summed E-state index contributed by atoms with van der Waals surface area (Å²) in [7, 11) is 0. The number of nitrogens with zero attached hydrogens (tertiary/aromatic N) is 3. The third-order valence-corrected chi connectivity index (χ3v) is 5.46. The molecule has 7 nitrogen and oxygen atoms in total. The number of pyridine rings is 1. The van der Waals surface area contributed by atoms with E-state index in [9.17, 15) is 27.2 Å². The minimum Gasteiger partial charge on any atom is -0.364 e. The molecular formula is C20H23F4N5O2. The topological polar surface area (TPSA) is 103 Å². The summed E-state index contributed by atoms with van der Waals surface area (Å²) in [5.41, 5.74) is 5.64. The van der Waals surface area contributed by atoms with Crippen molar-refractivity contribution in [3.05, 3.63) is 41.0 Å². The fourth-order valence-corrected chi connectivity index (χ4v) is 3.82. The molecule has 168 valence electrons. The van der Waals surface area contributed by atoms with Crippen molar-refractivity contribution in [2.45, 2.75) is 57.9 Å². The van der Waals surface area contributed by atoms with E-state index in [0.29, 0.717) is 0 Å². The van der Waals surface area contributed by atoms with Gasteiger partial charge in [0.15, 0.2) is 0 Å². The van der Waals surface area contributed by atoms with Gasteiger partial charge in [0.05, 0.1) is 11.6 Å². The number of hydrogen-bond acceptors (Lipinski definition) is 4. The van der Waals surface area contributed by atoms with Crippen molar-refractivity contribution in [3.63, 3.8) is 0 Å². The minimum atomic E-state index is -2.78. The molecule has 3 N–H and O–H groups in total. The highest BCUT2D eigenvalue weighted by atomic mass is 19.3. The number of rotatable bonds is 7. The van der Waals surface area contributed by atoms with Gasteiger partial charge in [0, 0.05) is 36.8 Å². The molecule has 2 amide bonds. The van der Waals surface area contributed by atoms with Gasteiger partial charge in [-0.25, -0.2) is 17.6 Å². The van der Waals surface area contributed by atoms with E-state index in [-0.39, 0.29) is 54.1 Å². The number of halogens is 4. The number of carbonyl (C=O) groups is 2. The van der Waals surface area contributed by atoms with Gasteiger partial charge in [-0.1, -0.05) is 6.92 Å². The molecule has 0 radical (unpaired) electrons. The monoisotopic (exact) mass is 441 g/mol. The molecule has 1 fully saturated rings. The molecule has 1 aliphatic carbocycles. The Bertz CT molecular complexity index is 992. The van der Waals surface area contributed by atoms with Gasteiger partial charge < -0.3 is 11.1 Å². The first kappa shape index (κ1) is 22.7. The Labute approximate surface area is 176 Å². The zero-order valence-electron chi connectivity index (χ0n) is 17.0. The highest BCUT2D eigenvalue weighted by Crippen LogP contribution is 2.40. The highest BCUT2D eigenvalue weighted by molar-refractivity contribution is 6.04. The standard InChI is InChI=1S/C20H23F4N5O2/c1-10-15(11(2)17(21)22)28-29(9-12-3-5-20(23,24)8-12)16(10)19(31)27-13-4-6-26-14(7-13)18(25)30/h4,6-7,11-12,17H,3,5,8-9H2,1-2H3,(H2,25,30)(H,26,27,31). The maximum atomic E-state index is 13.6. The molecule has 3 rings (SSSR count). The average Bonchev–Trinajstić information content (AvgIpc) is 3.19. The number of anilines is 1. The first-order valence-electron chi connectivity index (χ1n) is 9.79. The van der Waals surface area contributed by atoms with Crippen LogP contribution in [0.15, 0.2) is 18.3 Å². The van der Waals surface area contributed by atoms with Gasteiger partial charge >= 0.3 is 0 Å². The number of hydrogen-bond donors (Lipinski definition) is 2. The van der Waals surface area contributed by atoms with Crippen molar-refractivity contribution < 1.29 is 27.2 Å². The van der Waals surface area contributed by atoms with Crippen LogP contribution >= 0.6 is 0 Å². The van der Waals surface area contributed by atoms with E-state index in [2.05, 4.69) is 15.4 Å². The Morgan fingerprint density at radius 2 is 2.10 bits per heavy atom. The number of carbonyl (C=O) groups excluding carboxylic acids is 2. The van der Waals surface area contributed by atoms with Crippen LogP contribution in [0, 0.1) is 12.8 Å². The van der Waals surface area contributed by atoms with E-state index in [1.54, 1.807) is 0 Å². The lowest BCUT2D eigenvalue weighted by Gasteiger charge is -2.14. The van der Waals surface area contributed by atoms with Gasteiger partial charge in [-0.05, 0) is 31.4 Å². The van der Waals surface area contributed by atoms with Crippen molar-refractivity contribution in [1.29, 1.82) is 0 Å². The summed E-state index contributed by atoms with van der Waals surface area (Å²) in [6.45, 7) is 2.80. The Balaban J connectivity index is 1.93. The molecule has 11 heteroatoms. The third kappa shape index (κ3) is 5.02. The van der Waals surface area contributed by atoms with Crippen LogP contribution in [0.5, 0.6) is 0 Å².